The number of likely N-dealkylation sites (tertiary alicyclic amines) is 1. The van der Waals surface area contributed by atoms with Gasteiger partial charge in [-0.2, -0.15) is 0 Å². The van der Waals surface area contributed by atoms with Crippen LogP contribution in [0.15, 0.2) is 0 Å². The molecule has 0 N–H and O–H groups in total. The van der Waals surface area contributed by atoms with Gasteiger partial charge in [-0.05, 0) is 45.2 Å². The second-order valence-corrected chi connectivity index (χ2v) is 5.22. The zero-order valence-corrected chi connectivity index (χ0v) is 11.6. The van der Waals surface area contributed by atoms with E-state index in [1.54, 1.807) is 0 Å². The van der Waals surface area contributed by atoms with Crippen LogP contribution in [0.2, 0.25) is 0 Å². The summed E-state index contributed by atoms with van der Waals surface area (Å²) in [5, 5.41) is 0. The zero-order chi connectivity index (χ0) is 12.7. The summed E-state index contributed by atoms with van der Waals surface area (Å²) >= 11 is 0. The molecule has 1 unspecified atom stereocenters. The van der Waals surface area contributed by atoms with E-state index in [1.165, 1.54) is 19.4 Å². The highest BCUT2D eigenvalue weighted by Crippen LogP contribution is 2.20. The van der Waals surface area contributed by atoms with Crippen molar-refractivity contribution in [3.63, 3.8) is 0 Å². The van der Waals surface area contributed by atoms with Crippen LogP contribution in [0.3, 0.4) is 0 Å². The average Bonchev–Trinajstić information content (AvgIpc) is 2.30. The third-order valence-electron chi connectivity index (χ3n) is 3.56. The van der Waals surface area contributed by atoms with Crippen LogP contribution in [0, 0.1) is 11.8 Å². The van der Waals surface area contributed by atoms with Gasteiger partial charge < -0.3 is 9.64 Å². The standard InChI is InChI=1S/C14H27NO2/c1-4-6-12(3)11-15-9-7-13(8-10-15)14(16)17-5-2/h12-13H,4-11H2,1-3H3. The number of rotatable bonds is 6. The van der Waals surface area contributed by atoms with Crippen molar-refractivity contribution in [1.29, 1.82) is 0 Å². The van der Waals surface area contributed by atoms with Gasteiger partial charge in [0.15, 0.2) is 0 Å². The van der Waals surface area contributed by atoms with Crippen molar-refractivity contribution in [2.75, 3.05) is 26.2 Å². The minimum atomic E-state index is 0.00811. The summed E-state index contributed by atoms with van der Waals surface area (Å²) in [5.74, 6) is 0.931. The van der Waals surface area contributed by atoms with Gasteiger partial charge in [-0.25, -0.2) is 0 Å². The zero-order valence-electron chi connectivity index (χ0n) is 11.6. The summed E-state index contributed by atoms with van der Waals surface area (Å²) in [5.41, 5.74) is 0. The van der Waals surface area contributed by atoms with Gasteiger partial charge >= 0.3 is 5.97 Å². The Kier molecular flexibility index (Phi) is 6.56. The van der Waals surface area contributed by atoms with E-state index in [0.29, 0.717) is 6.61 Å². The molecular formula is C14H27NO2. The Labute approximate surface area is 106 Å². The molecule has 1 aliphatic rings. The Balaban J connectivity index is 2.23. The summed E-state index contributed by atoms with van der Waals surface area (Å²) < 4.78 is 5.08. The molecule has 0 radical (unpaired) electrons. The summed E-state index contributed by atoms with van der Waals surface area (Å²) in [6, 6.07) is 0. The number of ether oxygens (including phenoxy) is 1. The molecule has 3 nitrogen and oxygen atoms in total. The SMILES string of the molecule is CCCC(C)CN1CCC(C(=O)OCC)CC1. The molecule has 0 spiro atoms. The van der Waals surface area contributed by atoms with E-state index in [0.717, 1.165) is 31.8 Å². The van der Waals surface area contributed by atoms with Crippen LogP contribution in [-0.2, 0) is 9.53 Å². The number of carbonyl (C=O) groups is 1. The van der Waals surface area contributed by atoms with E-state index in [9.17, 15) is 4.79 Å². The van der Waals surface area contributed by atoms with E-state index in [2.05, 4.69) is 18.7 Å². The molecule has 0 saturated carbocycles. The first-order valence-electron chi connectivity index (χ1n) is 7.06. The smallest absolute Gasteiger partial charge is 0.309 e. The van der Waals surface area contributed by atoms with Crippen LogP contribution in [0.25, 0.3) is 0 Å². The lowest BCUT2D eigenvalue weighted by Gasteiger charge is -2.32. The van der Waals surface area contributed by atoms with E-state index >= 15 is 0 Å². The lowest BCUT2D eigenvalue weighted by molar-refractivity contribution is -0.149. The van der Waals surface area contributed by atoms with Gasteiger partial charge in [0.25, 0.3) is 0 Å². The molecule has 0 aromatic carbocycles. The number of nitrogens with zero attached hydrogens (tertiary/aromatic N) is 1. The van der Waals surface area contributed by atoms with Crippen LogP contribution in [0.1, 0.15) is 46.5 Å². The summed E-state index contributed by atoms with van der Waals surface area (Å²) in [7, 11) is 0. The molecule has 1 fully saturated rings. The molecular weight excluding hydrogens is 214 g/mol. The maximum absolute atomic E-state index is 11.6. The predicted octanol–water partition coefficient (Wildman–Crippen LogP) is 2.70. The number of hydrogen-bond acceptors (Lipinski definition) is 3. The number of hydrogen-bond donors (Lipinski definition) is 0. The van der Waals surface area contributed by atoms with Crippen LogP contribution >= 0.6 is 0 Å². The minimum absolute atomic E-state index is 0.00811. The second-order valence-electron chi connectivity index (χ2n) is 5.22. The van der Waals surface area contributed by atoms with Crippen molar-refractivity contribution < 1.29 is 9.53 Å². The molecule has 0 aromatic rings. The van der Waals surface area contributed by atoms with Gasteiger partial charge in [0.05, 0.1) is 12.5 Å². The number of esters is 1. The lowest BCUT2D eigenvalue weighted by Crippen LogP contribution is -2.39. The van der Waals surface area contributed by atoms with E-state index in [4.69, 9.17) is 4.74 Å². The van der Waals surface area contributed by atoms with Gasteiger partial charge in [0, 0.05) is 6.54 Å². The van der Waals surface area contributed by atoms with E-state index in [-0.39, 0.29) is 11.9 Å². The Morgan fingerprint density at radius 1 is 1.35 bits per heavy atom. The highest BCUT2D eigenvalue weighted by atomic mass is 16.5. The van der Waals surface area contributed by atoms with Crippen LogP contribution < -0.4 is 0 Å². The van der Waals surface area contributed by atoms with Gasteiger partial charge in [-0.15, -0.1) is 0 Å². The topological polar surface area (TPSA) is 29.5 Å². The van der Waals surface area contributed by atoms with Crippen molar-refractivity contribution in [1.82, 2.24) is 4.90 Å². The van der Waals surface area contributed by atoms with Crippen molar-refractivity contribution in [3.05, 3.63) is 0 Å². The molecule has 1 aliphatic heterocycles. The van der Waals surface area contributed by atoms with Gasteiger partial charge in [0.1, 0.15) is 0 Å². The van der Waals surface area contributed by atoms with Gasteiger partial charge in [0.2, 0.25) is 0 Å². The molecule has 1 rings (SSSR count). The first-order valence-corrected chi connectivity index (χ1v) is 7.06. The lowest BCUT2D eigenvalue weighted by atomic mass is 9.95. The first-order chi connectivity index (χ1) is 8.17. The highest BCUT2D eigenvalue weighted by molar-refractivity contribution is 5.72. The summed E-state index contributed by atoms with van der Waals surface area (Å²) in [6.45, 7) is 10.2. The molecule has 0 aromatic heterocycles. The number of carbonyl (C=O) groups excluding carboxylic acids is 1. The fourth-order valence-electron chi connectivity index (χ4n) is 2.64. The molecule has 0 aliphatic carbocycles. The van der Waals surface area contributed by atoms with E-state index in [1.807, 2.05) is 6.92 Å². The average molecular weight is 241 g/mol. The first kappa shape index (κ1) is 14.5. The van der Waals surface area contributed by atoms with Crippen molar-refractivity contribution in [2.45, 2.75) is 46.5 Å². The molecule has 1 saturated heterocycles. The molecule has 3 heteroatoms. The quantitative estimate of drug-likeness (QED) is 0.670. The Bertz CT molecular complexity index is 222. The molecule has 0 bridgehead atoms. The van der Waals surface area contributed by atoms with Crippen molar-refractivity contribution in [2.24, 2.45) is 11.8 Å². The normalized spacial score (nSPS) is 20.2. The Morgan fingerprint density at radius 3 is 2.53 bits per heavy atom. The molecule has 0 amide bonds. The van der Waals surface area contributed by atoms with Crippen LogP contribution in [0.4, 0.5) is 0 Å². The number of piperidine rings is 1. The Hall–Kier alpha value is -0.570. The molecule has 1 atom stereocenters. The van der Waals surface area contributed by atoms with Crippen molar-refractivity contribution >= 4 is 5.97 Å². The van der Waals surface area contributed by atoms with E-state index < -0.39 is 0 Å². The van der Waals surface area contributed by atoms with Crippen molar-refractivity contribution in [3.8, 4) is 0 Å². The third kappa shape index (κ3) is 5.07. The largest absolute Gasteiger partial charge is 0.466 e. The minimum Gasteiger partial charge on any atom is -0.466 e. The third-order valence-corrected chi connectivity index (χ3v) is 3.56. The highest BCUT2D eigenvalue weighted by Gasteiger charge is 2.26. The fourth-order valence-corrected chi connectivity index (χ4v) is 2.64. The monoisotopic (exact) mass is 241 g/mol. The predicted molar refractivity (Wildman–Crippen MR) is 69.9 cm³/mol. The van der Waals surface area contributed by atoms with Crippen LogP contribution in [0.5, 0.6) is 0 Å². The van der Waals surface area contributed by atoms with Gasteiger partial charge in [-0.3, -0.25) is 4.79 Å². The van der Waals surface area contributed by atoms with Crippen LogP contribution in [-0.4, -0.2) is 37.1 Å². The second kappa shape index (κ2) is 7.70. The summed E-state index contributed by atoms with van der Waals surface area (Å²) in [4.78, 5) is 14.1. The molecule has 100 valence electrons. The fraction of sp³-hybridized carbons (Fsp3) is 0.929. The van der Waals surface area contributed by atoms with Gasteiger partial charge in [-0.1, -0.05) is 20.3 Å². The molecule has 17 heavy (non-hydrogen) atoms. The Morgan fingerprint density at radius 2 is 2.00 bits per heavy atom. The maximum Gasteiger partial charge on any atom is 0.309 e. The summed E-state index contributed by atoms with van der Waals surface area (Å²) in [6.07, 6.45) is 4.51. The molecule has 1 heterocycles. The maximum atomic E-state index is 11.6.